The van der Waals surface area contributed by atoms with Gasteiger partial charge in [-0.2, -0.15) is 0 Å². The summed E-state index contributed by atoms with van der Waals surface area (Å²) >= 11 is 0. The number of carbonyl (C=O) groups excluding carboxylic acids is 3. The van der Waals surface area contributed by atoms with Crippen LogP contribution < -0.4 is 15.0 Å². The van der Waals surface area contributed by atoms with Gasteiger partial charge in [-0.1, -0.05) is 12.1 Å². The van der Waals surface area contributed by atoms with Crippen molar-refractivity contribution in [2.24, 2.45) is 0 Å². The normalized spacial score (nSPS) is 24.6. The molecule has 1 unspecified atom stereocenters. The van der Waals surface area contributed by atoms with Crippen molar-refractivity contribution in [3.8, 4) is 5.75 Å². The number of benzene rings is 1. The number of hydrogen-bond donors (Lipinski definition) is 1. The SMILES string of the molecule is O=C1CCC(c2cccc3c2OCCN3C2CCC(=O)NC2=O)CC1. The highest BCUT2D eigenvalue weighted by Gasteiger charge is 2.36. The molecule has 1 atom stereocenters. The van der Waals surface area contributed by atoms with Crippen molar-refractivity contribution >= 4 is 23.3 Å². The van der Waals surface area contributed by atoms with Crippen molar-refractivity contribution in [1.82, 2.24) is 5.32 Å². The number of nitrogens with one attached hydrogen (secondary N) is 1. The zero-order valence-electron chi connectivity index (χ0n) is 14.1. The fraction of sp³-hybridized carbons (Fsp3) is 0.526. The summed E-state index contributed by atoms with van der Waals surface area (Å²) in [5.41, 5.74) is 2.07. The lowest BCUT2D eigenvalue weighted by Crippen LogP contribution is -2.54. The topological polar surface area (TPSA) is 75.7 Å². The number of fused-ring (bicyclic) bond motifs is 1. The Hall–Kier alpha value is -2.37. The van der Waals surface area contributed by atoms with E-state index >= 15 is 0 Å². The first-order valence-electron chi connectivity index (χ1n) is 9.01. The highest BCUT2D eigenvalue weighted by atomic mass is 16.5. The number of anilines is 1. The predicted octanol–water partition coefficient (Wildman–Crippen LogP) is 1.92. The molecule has 1 saturated carbocycles. The van der Waals surface area contributed by atoms with Gasteiger partial charge in [0.2, 0.25) is 11.8 Å². The van der Waals surface area contributed by atoms with Gasteiger partial charge in [-0.15, -0.1) is 0 Å². The van der Waals surface area contributed by atoms with Gasteiger partial charge in [0.25, 0.3) is 0 Å². The van der Waals surface area contributed by atoms with Crippen LogP contribution in [0.1, 0.15) is 50.0 Å². The Labute approximate surface area is 146 Å². The zero-order valence-corrected chi connectivity index (χ0v) is 14.1. The Morgan fingerprint density at radius 1 is 1.04 bits per heavy atom. The number of piperidine rings is 1. The molecule has 0 bridgehead atoms. The third-order valence-corrected chi connectivity index (χ3v) is 5.48. The summed E-state index contributed by atoms with van der Waals surface area (Å²) in [4.78, 5) is 37.3. The Bertz CT molecular complexity index is 720. The minimum Gasteiger partial charge on any atom is -0.489 e. The quantitative estimate of drug-likeness (QED) is 0.831. The molecule has 132 valence electrons. The van der Waals surface area contributed by atoms with Crippen molar-refractivity contribution in [1.29, 1.82) is 0 Å². The van der Waals surface area contributed by atoms with E-state index in [4.69, 9.17) is 4.74 Å². The van der Waals surface area contributed by atoms with Crippen LogP contribution in [0.3, 0.4) is 0 Å². The minimum absolute atomic E-state index is 0.199. The lowest BCUT2D eigenvalue weighted by Gasteiger charge is -2.39. The predicted molar refractivity (Wildman–Crippen MR) is 91.7 cm³/mol. The van der Waals surface area contributed by atoms with E-state index in [0.29, 0.717) is 50.5 Å². The Kier molecular flexibility index (Phi) is 4.19. The molecule has 0 aromatic heterocycles. The van der Waals surface area contributed by atoms with E-state index in [0.717, 1.165) is 29.8 Å². The van der Waals surface area contributed by atoms with Gasteiger partial charge in [0.1, 0.15) is 24.2 Å². The second kappa shape index (κ2) is 6.50. The van der Waals surface area contributed by atoms with Gasteiger partial charge in [-0.05, 0) is 36.8 Å². The maximum absolute atomic E-state index is 12.3. The zero-order chi connectivity index (χ0) is 17.4. The molecule has 3 aliphatic rings. The van der Waals surface area contributed by atoms with Crippen LogP contribution in [0.25, 0.3) is 0 Å². The highest BCUT2D eigenvalue weighted by molar-refractivity contribution is 6.02. The molecule has 1 aromatic rings. The summed E-state index contributed by atoms with van der Waals surface area (Å²) in [6, 6.07) is 5.73. The molecule has 0 radical (unpaired) electrons. The Morgan fingerprint density at radius 3 is 2.60 bits per heavy atom. The van der Waals surface area contributed by atoms with Gasteiger partial charge < -0.3 is 9.64 Å². The number of nitrogens with zero attached hydrogens (tertiary/aromatic N) is 1. The molecule has 1 N–H and O–H groups in total. The van der Waals surface area contributed by atoms with Gasteiger partial charge in [-0.3, -0.25) is 19.7 Å². The summed E-state index contributed by atoms with van der Waals surface area (Å²) in [6.45, 7) is 1.15. The van der Waals surface area contributed by atoms with E-state index < -0.39 is 0 Å². The van der Waals surface area contributed by atoms with Gasteiger partial charge in [-0.25, -0.2) is 0 Å². The third-order valence-electron chi connectivity index (χ3n) is 5.48. The maximum Gasteiger partial charge on any atom is 0.249 e. The number of Topliss-reactive ketones (excluding diaryl/α,β-unsaturated/α-hetero) is 1. The molecule has 1 saturated heterocycles. The van der Waals surface area contributed by atoms with Crippen LogP contribution >= 0.6 is 0 Å². The summed E-state index contributed by atoms with van der Waals surface area (Å²) in [5.74, 6) is 1.09. The average Bonchev–Trinajstić information content (AvgIpc) is 2.62. The molecule has 6 heteroatoms. The first-order chi connectivity index (χ1) is 12.1. The molecule has 4 rings (SSSR count). The van der Waals surface area contributed by atoms with Gasteiger partial charge in [0, 0.05) is 19.3 Å². The highest BCUT2D eigenvalue weighted by Crippen LogP contribution is 2.43. The van der Waals surface area contributed by atoms with E-state index in [2.05, 4.69) is 16.3 Å². The second-order valence-electron chi connectivity index (χ2n) is 7.02. The minimum atomic E-state index is -0.330. The fourth-order valence-electron chi connectivity index (χ4n) is 4.17. The molecule has 2 heterocycles. The summed E-state index contributed by atoms with van der Waals surface area (Å²) in [5, 5.41) is 2.44. The molecule has 1 aromatic carbocycles. The monoisotopic (exact) mass is 342 g/mol. The number of hydrogen-bond acceptors (Lipinski definition) is 5. The van der Waals surface area contributed by atoms with Crippen LogP contribution in [-0.2, 0) is 14.4 Å². The van der Waals surface area contributed by atoms with E-state index in [1.807, 2.05) is 12.1 Å². The van der Waals surface area contributed by atoms with Crippen molar-refractivity contribution in [3.05, 3.63) is 23.8 Å². The first kappa shape index (κ1) is 16.1. The molecule has 6 nitrogen and oxygen atoms in total. The molecular weight excluding hydrogens is 320 g/mol. The number of para-hydroxylation sites is 1. The van der Waals surface area contributed by atoms with Crippen molar-refractivity contribution in [3.63, 3.8) is 0 Å². The van der Waals surface area contributed by atoms with E-state index in [-0.39, 0.29) is 17.9 Å². The number of ether oxygens (including phenoxy) is 1. The van der Waals surface area contributed by atoms with Crippen molar-refractivity contribution in [2.75, 3.05) is 18.1 Å². The summed E-state index contributed by atoms with van der Waals surface area (Å²) < 4.78 is 5.99. The Morgan fingerprint density at radius 2 is 1.84 bits per heavy atom. The van der Waals surface area contributed by atoms with Gasteiger partial charge >= 0.3 is 0 Å². The number of imide groups is 1. The molecule has 2 fully saturated rings. The van der Waals surface area contributed by atoms with Crippen LogP contribution in [0.4, 0.5) is 5.69 Å². The van der Waals surface area contributed by atoms with E-state index in [9.17, 15) is 14.4 Å². The molecule has 1 aliphatic carbocycles. The van der Waals surface area contributed by atoms with Crippen molar-refractivity contribution < 1.29 is 19.1 Å². The molecule has 2 aliphatic heterocycles. The summed E-state index contributed by atoms with van der Waals surface area (Å²) in [7, 11) is 0. The largest absolute Gasteiger partial charge is 0.489 e. The van der Waals surface area contributed by atoms with Crippen molar-refractivity contribution in [2.45, 2.75) is 50.5 Å². The van der Waals surface area contributed by atoms with Crippen LogP contribution in [0.5, 0.6) is 5.75 Å². The van der Waals surface area contributed by atoms with Crippen LogP contribution in [0, 0.1) is 0 Å². The molecule has 2 amide bonds. The number of rotatable bonds is 2. The third kappa shape index (κ3) is 3.01. The maximum atomic E-state index is 12.3. The van der Waals surface area contributed by atoms with E-state index in [1.165, 1.54) is 0 Å². The lowest BCUT2D eigenvalue weighted by atomic mass is 9.82. The molecule has 25 heavy (non-hydrogen) atoms. The second-order valence-corrected chi connectivity index (χ2v) is 7.02. The fourth-order valence-corrected chi connectivity index (χ4v) is 4.17. The lowest BCUT2D eigenvalue weighted by molar-refractivity contribution is -0.134. The molecular formula is C19H22N2O4. The average molecular weight is 342 g/mol. The standard InChI is InChI=1S/C19H22N2O4/c22-13-6-4-12(5-7-13)14-2-1-3-15-18(14)25-11-10-21(15)16-8-9-17(23)20-19(16)24/h1-3,12,16H,4-11H2,(H,20,23,24). The smallest absolute Gasteiger partial charge is 0.249 e. The van der Waals surface area contributed by atoms with E-state index in [1.54, 1.807) is 0 Å². The van der Waals surface area contributed by atoms with Gasteiger partial charge in [0.15, 0.2) is 0 Å². The van der Waals surface area contributed by atoms with Crippen LogP contribution in [0.2, 0.25) is 0 Å². The van der Waals surface area contributed by atoms with Crippen LogP contribution in [0.15, 0.2) is 18.2 Å². The number of ketones is 1. The van der Waals surface area contributed by atoms with Crippen LogP contribution in [-0.4, -0.2) is 36.8 Å². The first-order valence-corrected chi connectivity index (χ1v) is 9.01. The Balaban J connectivity index is 1.64. The van der Waals surface area contributed by atoms with Gasteiger partial charge in [0.05, 0.1) is 12.2 Å². The number of carbonyl (C=O) groups is 3. The molecule has 0 spiro atoms. The number of amides is 2. The summed E-state index contributed by atoms with van der Waals surface area (Å²) in [6.07, 6.45) is 3.88.